The van der Waals surface area contributed by atoms with E-state index >= 15 is 0 Å². The summed E-state index contributed by atoms with van der Waals surface area (Å²) in [7, 11) is 0. The van der Waals surface area contributed by atoms with E-state index in [2.05, 4.69) is 6.58 Å². The summed E-state index contributed by atoms with van der Waals surface area (Å²) in [6, 6.07) is 6.36. The number of halogens is 1. The fourth-order valence-corrected chi connectivity index (χ4v) is 1.24. The molecule has 0 radical (unpaired) electrons. The Balaban J connectivity index is 2.73. The average molecular weight is 212 g/mol. The normalized spacial score (nSPS) is 12.1. The second-order valence-electron chi connectivity index (χ2n) is 2.88. The first-order valence-electron chi connectivity index (χ1n) is 4.13. The van der Waals surface area contributed by atoms with Crippen LogP contribution in [0.1, 0.15) is 5.56 Å². The zero-order valence-corrected chi connectivity index (χ0v) is 8.28. The first-order valence-corrected chi connectivity index (χ1v) is 4.57. The van der Waals surface area contributed by atoms with Gasteiger partial charge in [0.2, 0.25) is 0 Å². The molecule has 0 saturated carbocycles. The van der Waals surface area contributed by atoms with E-state index in [1.807, 2.05) is 0 Å². The fourth-order valence-electron chi connectivity index (χ4n) is 1.06. The highest BCUT2D eigenvalue weighted by molar-refractivity contribution is 6.21. The van der Waals surface area contributed by atoms with Crippen LogP contribution in [0.2, 0.25) is 0 Å². The number of hydrogen-bond acceptors (Lipinski definition) is 2. The molecule has 0 bridgehead atoms. The summed E-state index contributed by atoms with van der Waals surface area (Å²) in [5.41, 5.74) is 1.06. The quantitative estimate of drug-likeness (QED) is 0.333. The number of alkyl halides is 1. The van der Waals surface area contributed by atoms with Crippen LogP contribution in [0.5, 0.6) is 0 Å². The van der Waals surface area contributed by atoms with Gasteiger partial charge in [-0.3, -0.25) is 10.1 Å². The lowest BCUT2D eigenvalue weighted by Gasteiger charge is -2.02. The molecule has 1 unspecified atom stereocenters. The van der Waals surface area contributed by atoms with E-state index in [4.69, 9.17) is 11.6 Å². The lowest BCUT2D eigenvalue weighted by molar-refractivity contribution is -0.384. The molecule has 0 spiro atoms. The maximum atomic E-state index is 10.4. The third kappa shape index (κ3) is 2.85. The Morgan fingerprint density at radius 2 is 2.07 bits per heavy atom. The van der Waals surface area contributed by atoms with Gasteiger partial charge in [-0.1, -0.05) is 18.2 Å². The van der Waals surface area contributed by atoms with Crippen molar-refractivity contribution in [3.8, 4) is 0 Å². The monoisotopic (exact) mass is 211 g/mol. The average Bonchev–Trinajstić information content (AvgIpc) is 2.18. The van der Waals surface area contributed by atoms with Gasteiger partial charge in [0.15, 0.2) is 0 Å². The van der Waals surface area contributed by atoms with Crippen molar-refractivity contribution in [1.29, 1.82) is 0 Å². The summed E-state index contributed by atoms with van der Waals surface area (Å²) < 4.78 is 0. The van der Waals surface area contributed by atoms with Crippen LogP contribution in [0.25, 0.3) is 0 Å². The molecule has 0 aromatic heterocycles. The van der Waals surface area contributed by atoms with Crippen LogP contribution >= 0.6 is 11.6 Å². The van der Waals surface area contributed by atoms with Gasteiger partial charge in [0.25, 0.3) is 5.69 Å². The Morgan fingerprint density at radius 3 is 2.50 bits per heavy atom. The van der Waals surface area contributed by atoms with E-state index in [1.165, 1.54) is 12.1 Å². The zero-order chi connectivity index (χ0) is 10.6. The van der Waals surface area contributed by atoms with Crippen molar-refractivity contribution in [2.45, 2.75) is 11.8 Å². The van der Waals surface area contributed by atoms with Gasteiger partial charge in [-0.05, 0) is 12.0 Å². The fraction of sp³-hybridized carbons (Fsp3) is 0.200. The van der Waals surface area contributed by atoms with Crippen molar-refractivity contribution in [3.05, 3.63) is 52.6 Å². The molecule has 1 atom stereocenters. The van der Waals surface area contributed by atoms with Gasteiger partial charge in [-0.2, -0.15) is 0 Å². The molecule has 0 aliphatic heterocycles. The lowest BCUT2D eigenvalue weighted by atomic mass is 10.1. The minimum Gasteiger partial charge on any atom is -0.258 e. The number of nitrogens with zero attached hydrogens (tertiary/aromatic N) is 1. The standard InChI is InChI=1S/C10H10ClNO2/c1-2-9(11)7-8-3-5-10(6-4-8)12(13)14/h2-6,9H,1,7H2. The first kappa shape index (κ1) is 10.7. The Morgan fingerprint density at radius 1 is 1.50 bits per heavy atom. The molecule has 1 rings (SSSR count). The van der Waals surface area contributed by atoms with Crippen LogP contribution in [0, 0.1) is 10.1 Å². The number of benzene rings is 1. The highest BCUT2D eigenvalue weighted by Gasteiger charge is 2.05. The summed E-state index contributed by atoms with van der Waals surface area (Å²) in [4.78, 5) is 9.93. The Hall–Kier alpha value is -1.35. The van der Waals surface area contributed by atoms with Crippen molar-refractivity contribution in [3.63, 3.8) is 0 Å². The van der Waals surface area contributed by atoms with Crippen molar-refractivity contribution < 1.29 is 4.92 Å². The van der Waals surface area contributed by atoms with E-state index in [-0.39, 0.29) is 11.1 Å². The Kier molecular flexibility index (Phi) is 3.65. The van der Waals surface area contributed by atoms with E-state index in [1.54, 1.807) is 18.2 Å². The molecule has 0 heterocycles. The summed E-state index contributed by atoms with van der Waals surface area (Å²) in [5.74, 6) is 0. The van der Waals surface area contributed by atoms with Crippen molar-refractivity contribution in [2.24, 2.45) is 0 Å². The molecule has 0 fully saturated rings. The zero-order valence-electron chi connectivity index (χ0n) is 7.52. The number of non-ortho nitro benzene ring substituents is 1. The number of nitro groups is 1. The number of allylic oxidation sites excluding steroid dienone is 1. The van der Waals surface area contributed by atoms with Crippen molar-refractivity contribution in [1.82, 2.24) is 0 Å². The second kappa shape index (κ2) is 4.77. The number of rotatable bonds is 4. The largest absolute Gasteiger partial charge is 0.269 e. The van der Waals surface area contributed by atoms with Crippen molar-refractivity contribution >= 4 is 17.3 Å². The maximum absolute atomic E-state index is 10.4. The molecule has 0 aliphatic carbocycles. The highest BCUT2D eigenvalue weighted by atomic mass is 35.5. The lowest BCUT2D eigenvalue weighted by Crippen LogP contribution is -1.98. The summed E-state index contributed by atoms with van der Waals surface area (Å²) in [6.07, 6.45) is 2.28. The van der Waals surface area contributed by atoms with Crippen LogP contribution < -0.4 is 0 Å². The third-order valence-electron chi connectivity index (χ3n) is 1.83. The van der Waals surface area contributed by atoms with Gasteiger partial charge >= 0.3 is 0 Å². The van der Waals surface area contributed by atoms with E-state index in [0.717, 1.165) is 5.56 Å². The van der Waals surface area contributed by atoms with Crippen molar-refractivity contribution in [2.75, 3.05) is 0 Å². The molecule has 74 valence electrons. The van der Waals surface area contributed by atoms with Crippen LogP contribution in [0.4, 0.5) is 5.69 Å². The highest BCUT2D eigenvalue weighted by Crippen LogP contribution is 2.14. The maximum Gasteiger partial charge on any atom is 0.269 e. The van der Waals surface area contributed by atoms with Gasteiger partial charge in [0.1, 0.15) is 0 Å². The molecular formula is C10H10ClNO2. The molecule has 4 heteroatoms. The minimum atomic E-state index is -0.421. The van der Waals surface area contributed by atoms with Crippen LogP contribution in [0.3, 0.4) is 0 Å². The molecular weight excluding hydrogens is 202 g/mol. The summed E-state index contributed by atoms with van der Waals surface area (Å²) in [5, 5.41) is 10.2. The summed E-state index contributed by atoms with van der Waals surface area (Å²) >= 11 is 5.85. The first-order chi connectivity index (χ1) is 6.63. The molecule has 0 amide bonds. The smallest absolute Gasteiger partial charge is 0.258 e. The molecule has 0 saturated heterocycles. The molecule has 14 heavy (non-hydrogen) atoms. The van der Waals surface area contributed by atoms with Gasteiger partial charge in [0.05, 0.1) is 10.3 Å². The van der Waals surface area contributed by atoms with Crippen LogP contribution in [-0.4, -0.2) is 10.3 Å². The second-order valence-corrected chi connectivity index (χ2v) is 3.44. The minimum absolute atomic E-state index is 0.0958. The number of hydrogen-bond donors (Lipinski definition) is 0. The van der Waals surface area contributed by atoms with E-state index < -0.39 is 4.92 Å². The van der Waals surface area contributed by atoms with Crippen LogP contribution in [-0.2, 0) is 6.42 Å². The predicted molar refractivity (Wildman–Crippen MR) is 56.6 cm³/mol. The van der Waals surface area contributed by atoms with E-state index in [0.29, 0.717) is 6.42 Å². The number of nitro benzene ring substituents is 1. The van der Waals surface area contributed by atoms with Gasteiger partial charge in [0, 0.05) is 12.1 Å². The SMILES string of the molecule is C=CC(Cl)Cc1ccc([N+](=O)[O-])cc1. The molecule has 0 aliphatic rings. The Bertz CT molecular complexity index is 334. The molecule has 1 aromatic carbocycles. The molecule has 0 N–H and O–H groups in total. The predicted octanol–water partition coefficient (Wildman–Crippen LogP) is 2.93. The molecule has 3 nitrogen and oxygen atoms in total. The summed E-state index contributed by atoms with van der Waals surface area (Å²) in [6.45, 7) is 3.56. The van der Waals surface area contributed by atoms with Gasteiger partial charge in [-0.15, -0.1) is 18.2 Å². The Labute approximate surface area is 87.2 Å². The van der Waals surface area contributed by atoms with Crippen LogP contribution in [0.15, 0.2) is 36.9 Å². The third-order valence-corrected chi connectivity index (χ3v) is 2.17. The van der Waals surface area contributed by atoms with E-state index in [9.17, 15) is 10.1 Å². The molecule has 1 aromatic rings. The van der Waals surface area contributed by atoms with Gasteiger partial charge in [-0.25, -0.2) is 0 Å². The topological polar surface area (TPSA) is 43.1 Å². The van der Waals surface area contributed by atoms with Gasteiger partial charge < -0.3 is 0 Å².